The van der Waals surface area contributed by atoms with Gasteiger partial charge in [-0.3, -0.25) is 0 Å². The molecule has 1 atom stereocenters. The number of rotatable bonds is 4. The Labute approximate surface area is 86.4 Å². The molecule has 4 nitrogen and oxygen atoms in total. The van der Waals surface area contributed by atoms with Crippen molar-refractivity contribution in [1.29, 1.82) is 0 Å². The number of carbonyl (C=O) groups excluding carboxylic acids is 1. The largest absolute Gasteiger partial charge is 0.457 e. The first-order valence-electron chi connectivity index (χ1n) is 4.14. The monoisotopic (exact) mass is 212 g/mol. The van der Waals surface area contributed by atoms with Crippen LogP contribution in [0.15, 0.2) is 18.0 Å². The topological polar surface area (TPSA) is 65.2 Å². The van der Waals surface area contributed by atoms with E-state index in [1.165, 1.54) is 17.4 Å². The average Bonchev–Trinajstić information content (AvgIpc) is 2.62. The third-order valence-electron chi connectivity index (χ3n) is 1.45. The van der Waals surface area contributed by atoms with Crippen LogP contribution in [0.3, 0.4) is 0 Å². The lowest BCUT2D eigenvalue weighted by Gasteiger charge is -1.98. The van der Waals surface area contributed by atoms with E-state index in [-0.39, 0.29) is 12.6 Å². The molecule has 1 rings (SSSR count). The first kappa shape index (κ1) is 10.9. The Morgan fingerprint density at radius 1 is 1.93 bits per heavy atom. The standard InChI is InChI=1S/C9H12N2O2S/c1-3-4-13-9(12)7-5-14-8(11-7)6(2)10/h3,5-6H,1,4,10H2,2H3/t6-/m0/s1. The van der Waals surface area contributed by atoms with Crippen molar-refractivity contribution in [3.05, 3.63) is 28.7 Å². The summed E-state index contributed by atoms with van der Waals surface area (Å²) < 4.78 is 4.82. The number of carbonyl (C=O) groups is 1. The Hall–Kier alpha value is -1.20. The Kier molecular flexibility index (Phi) is 3.79. The average molecular weight is 212 g/mol. The van der Waals surface area contributed by atoms with E-state index in [1.54, 1.807) is 5.38 Å². The molecule has 2 N–H and O–H groups in total. The summed E-state index contributed by atoms with van der Waals surface area (Å²) in [5, 5.41) is 2.37. The maximum absolute atomic E-state index is 11.3. The Bertz CT molecular complexity index is 333. The summed E-state index contributed by atoms with van der Waals surface area (Å²) in [7, 11) is 0. The molecule has 14 heavy (non-hydrogen) atoms. The van der Waals surface area contributed by atoms with Crippen molar-refractivity contribution in [1.82, 2.24) is 4.98 Å². The predicted octanol–water partition coefficient (Wildman–Crippen LogP) is 1.51. The molecular formula is C9H12N2O2S. The number of thiazole rings is 1. The highest BCUT2D eigenvalue weighted by Crippen LogP contribution is 2.16. The fourth-order valence-corrected chi connectivity index (χ4v) is 1.55. The van der Waals surface area contributed by atoms with Crippen molar-refractivity contribution in [2.24, 2.45) is 5.73 Å². The lowest BCUT2D eigenvalue weighted by Crippen LogP contribution is -2.08. The van der Waals surface area contributed by atoms with Gasteiger partial charge in [0.2, 0.25) is 0 Å². The van der Waals surface area contributed by atoms with Gasteiger partial charge in [0.15, 0.2) is 5.69 Å². The maximum atomic E-state index is 11.3. The van der Waals surface area contributed by atoms with Gasteiger partial charge >= 0.3 is 5.97 Å². The van der Waals surface area contributed by atoms with Crippen molar-refractivity contribution >= 4 is 17.3 Å². The summed E-state index contributed by atoms with van der Waals surface area (Å²) in [6.45, 7) is 5.46. The second kappa shape index (κ2) is 4.88. The number of nitrogens with zero attached hydrogens (tertiary/aromatic N) is 1. The van der Waals surface area contributed by atoms with Crippen molar-refractivity contribution in [3.63, 3.8) is 0 Å². The molecule has 0 aliphatic carbocycles. The number of nitrogens with two attached hydrogens (primary N) is 1. The number of aromatic nitrogens is 1. The molecule has 0 fully saturated rings. The van der Waals surface area contributed by atoms with E-state index in [1.807, 2.05) is 6.92 Å². The van der Waals surface area contributed by atoms with Gasteiger partial charge < -0.3 is 10.5 Å². The Balaban J connectivity index is 2.66. The molecule has 0 bridgehead atoms. The second-order valence-corrected chi connectivity index (χ2v) is 3.64. The molecule has 0 aliphatic heterocycles. The van der Waals surface area contributed by atoms with Crippen LogP contribution in [0.1, 0.15) is 28.5 Å². The molecule has 1 heterocycles. The fourth-order valence-electron chi connectivity index (χ4n) is 0.799. The summed E-state index contributed by atoms with van der Waals surface area (Å²) in [6, 6.07) is -0.152. The van der Waals surface area contributed by atoms with E-state index < -0.39 is 5.97 Å². The third-order valence-corrected chi connectivity index (χ3v) is 2.50. The first-order chi connectivity index (χ1) is 6.65. The minimum atomic E-state index is -0.437. The summed E-state index contributed by atoms with van der Waals surface area (Å²) in [5.74, 6) is -0.437. The smallest absolute Gasteiger partial charge is 0.358 e. The summed E-state index contributed by atoms with van der Waals surface area (Å²) >= 11 is 1.36. The molecular weight excluding hydrogens is 200 g/mol. The SMILES string of the molecule is C=CCOC(=O)c1csc([C@H](C)N)n1. The molecule has 1 aromatic heterocycles. The zero-order valence-electron chi connectivity index (χ0n) is 7.90. The molecule has 76 valence electrons. The molecule has 0 aliphatic rings. The second-order valence-electron chi connectivity index (χ2n) is 2.75. The van der Waals surface area contributed by atoms with Gasteiger partial charge in [-0.15, -0.1) is 11.3 Å². The van der Waals surface area contributed by atoms with Crippen LogP contribution in [-0.2, 0) is 4.74 Å². The molecule has 0 radical (unpaired) electrons. The van der Waals surface area contributed by atoms with Crippen LogP contribution in [0.5, 0.6) is 0 Å². The van der Waals surface area contributed by atoms with Crippen LogP contribution in [0.2, 0.25) is 0 Å². The van der Waals surface area contributed by atoms with Crippen LogP contribution in [0, 0.1) is 0 Å². The van der Waals surface area contributed by atoms with Gasteiger partial charge in [-0.1, -0.05) is 12.7 Å². The molecule has 0 amide bonds. The molecule has 5 heteroatoms. The number of hydrogen-bond acceptors (Lipinski definition) is 5. The zero-order valence-corrected chi connectivity index (χ0v) is 8.71. The van der Waals surface area contributed by atoms with E-state index in [0.717, 1.165) is 5.01 Å². The van der Waals surface area contributed by atoms with Crippen LogP contribution < -0.4 is 5.73 Å². The fraction of sp³-hybridized carbons (Fsp3) is 0.333. The molecule has 0 saturated heterocycles. The van der Waals surface area contributed by atoms with E-state index in [9.17, 15) is 4.79 Å². The van der Waals surface area contributed by atoms with Crippen LogP contribution in [0.25, 0.3) is 0 Å². The number of esters is 1. The normalized spacial score (nSPS) is 12.1. The van der Waals surface area contributed by atoms with Gasteiger partial charge in [-0.05, 0) is 6.92 Å². The van der Waals surface area contributed by atoms with E-state index in [4.69, 9.17) is 10.5 Å². The van der Waals surface area contributed by atoms with Gasteiger partial charge in [0.05, 0.1) is 6.04 Å². The lowest BCUT2D eigenvalue weighted by atomic mass is 10.4. The van der Waals surface area contributed by atoms with E-state index in [2.05, 4.69) is 11.6 Å². The van der Waals surface area contributed by atoms with Crippen molar-refractivity contribution in [2.75, 3.05) is 6.61 Å². The predicted molar refractivity (Wildman–Crippen MR) is 55.2 cm³/mol. The minimum Gasteiger partial charge on any atom is -0.457 e. The van der Waals surface area contributed by atoms with Crippen molar-refractivity contribution in [3.8, 4) is 0 Å². The minimum absolute atomic E-state index is 0.152. The molecule has 1 aromatic rings. The summed E-state index contributed by atoms with van der Waals surface area (Å²) in [4.78, 5) is 15.3. The Morgan fingerprint density at radius 3 is 3.14 bits per heavy atom. The maximum Gasteiger partial charge on any atom is 0.358 e. The van der Waals surface area contributed by atoms with Gasteiger partial charge in [-0.25, -0.2) is 9.78 Å². The summed E-state index contributed by atoms with van der Waals surface area (Å²) in [5.41, 5.74) is 5.92. The summed E-state index contributed by atoms with van der Waals surface area (Å²) in [6.07, 6.45) is 1.51. The highest BCUT2D eigenvalue weighted by molar-refractivity contribution is 7.09. The van der Waals surface area contributed by atoms with E-state index in [0.29, 0.717) is 5.69 Å². The van der Waals surface area contributed by atoms with Crippen LogP contribution in [-0.4, -0.2) is 17.6 Å². The molecule has 0 spiro atoms. The molecule has 0 unspecified atom stereocenters. The van der Waals surface area contributed by atoms with Gasteiger partial charge in [0.1, 0.15) is 11.6 Å². The van der Waals surface area contributed by atoms with Gasteiger partial charge in [0, 0.05) is 5.38 Å². The number of ether oxygens (including phenoxy) is 1. The van der Waals surface area contributed by atoms with Gasteiger partial charge in [-0.2, -0.15) is 0 Å². The van der Waals surface area contributed by atoms with E-state index >= 15 is 0 Å². The lowest BCUT2D eigenvalue weighted by molar-refractivity contribution is 0.0543. The van der Waals surface area contributed by atoms with Crippen LogP contribution in [0.4, 0.5) is 0 Å². The highest BCUT2D eigenvalue weighted by Gasteiger charge is 2.13. The highest BCUT2D eigenvalue weighted by atomic mass is 32.1. The van der Waals surface area contributed by atoms with Gasteiger partial charge in [0.25, 0.3) is 0 Å². The van der Waals surface area contributed by atoms with Crippen molar-refractivity contribution < 1.29 is 9.53 Å². The quantitative estimate of drug-likeness (QED) is 0.607. The van der Waals surface area contributed by atoms with Crippen molar-refractivity contribution in [2.45, 2.75) is 13.0 Å². The molecule has 0 aromatic carbocycles. The van der Waals surface area contributed by atoms with Crippen LogP contribution >= 0.6 is 11.3 Å². The Morgan fingerprint density at radius 2 is 2.64 bits per heavy atom. The number of hydrogen-bond donors (Lipinski definition) is 1. The first-order valence-corrected chi connectivity index (χ1v) is 5.02. The molecule has 0 saturated carbocycles. The third kappa shape index (κ3) is 2.65. The zero-order chi connectivity index (χ0) is 10.6.